The van der Waals surface area contributed by atoms with Crippen molar-refractivity contribution in [3.8, 4) is 11.8 Å². The van der Waals surface area contributed by atoms with E-state index in [9.17, 15) is 4.79 Å². The second-order valence-electron chi connectivity index (χ2n) is 3.50. The predicted octanol–water partition coefficient (Wildman–Crippen LogP) is 2.77. The number of thioether (sulfide) groups is 1. The Balaban J connectivity index is 2.16. The van der Waals surface area contributed by atoms with Crippen LogP contribution in [0.4, 0.5) is 0 Å². The normalized spacial score (nSPS) is 10.0. The van der Waals surface area contributed by atoms with Crippen LogP contribution in [0.1, 0.15) is 18.4 Å². The summed E-state index contributed by atoms with van der Waals surface area (Å²) in [6.45, 7) is 3.35. The molecule has 0 N–H and O–H groups in total. The van der Waals surface area contributed by atoms with Crippen molar-refractivity contribution >= 4 is 28.0 Å². The molecule has 86 valence electrons. The number of fused-ring (bicyclic) bond motifs is 1. The van der Waals surface area contributed by atoms with Gasteiger partial charge in [0, 0.05) is 19.4 Å². The highest BCUT2D eigenvalue weighted by atomic mass is 32.2. The third-order valence-electron chi connectivity index (χ3n) is 2.07. The van der Waals surface area contributed by atoms with E-state index in [1.54, 1.807) is 0 Å². The van der Waals surface area contributed by atoms with Crippen molar-refractivity contribution in [3.05, 3.63) is 29.7 Å². The van der Waals surface area contributed by atoms with Crippen LogP contribution in [0.25, 0.3) is 11.1 Å². The number of nitrogens with zero attached hydrogens (tertiary/aromatic N) is 1. The first-order chi connectivity index (χ1) is 8.15. The molecule has 0 radical (unpaired) electrons. The first kappa shape index (κ1) is 11.7. The van der Waals surface area contributed by atoms with Crippen LogP contribution in [0.15, 0.2) is 22.6 Å². The Morgan fingerprint density at radius 2 is 2.35 bits per heavy atom. The van der Waals surface area contributed by atoms with Crippen molar-refractivity contribution < 1.29 is 9.21 Å². The summed E-state index contributed by atoms with van der Waals surface area (Å²) in [5.41, 5.74) is 2.47. The van der Waals surface area contributed by atoms with E-state index in [-0.39, 0.29) is 5.12 Å². The molecule has 0 unspecified atom stereocenters. The number of oxazole rings is 1. The van der Waals surface area contributed by atoms with E-state index in [0.717, 1.165) is 16.7 Å². The molecule has 4 heteroatoms. The Kier molecular flexibility index (Phi) is 3.50. The maximum Gasteiger partial charge on any atom is 0.192 e. The van der Waals surface area contributed by atoms with Crippen LogP contribution >= 0.6 is 11.8 Å². The number of benzene rings is 1. The molecule has 0 saturated heterocycles. The Labute approximate surface area is 104 Å². The van der Waals surface area contributed by atoms with Gasteiger partial charge in [0.1, 0.15) is 5.52 Å². The standard InChI is InChI=1S/C13H11NO2S/c1-9-14-12-8-11(5-6-13(12)16-9)4-3-7-17-10(2)15/h5-6,8H,7H2,1-2H3. The number of carbonyl (C=O) groups excluding carboxylic acids is 1. The van der Waals surface area contributed by atoms with Crippen LogP contribution < -0.4 is 0 Å². The van der Waals surface area contributed by atoms with E-state index < -0.39 is 0 Å². The van der Waals surface area contributed by atoms with Gasteiger partial charge in [-0.25, -0.2) is 4.98 Å². The van der Waals surface area contributed by atoms with Crippen LogP contribution in [0.2, 0.25) is 0 Å². The zero-order valence-corrected chi connectivity index (χ0v) is 10.4. The lowest BCUT2D eigenvalue weighted by Crippen LogP contribution is -1.82. The summed E-state index contributed by atoms with van der Waals surface area (Å²) >= 11 is 1.21. The lowest BCUT2D eigenvalue weighted by molar-refractivity contribution is -0.109. The zero-order valence-electron chi connectivity index (χ0n) is 9.61. The van der Waals surface area contributed by atoms with Crippen LogP contribution in [-0.2, 0) is 4.79 Å². The Morgan fingerprint density at radius 1 is 1.53 bits per heavy atom. The molecule has 0 aliphatic heterocycles. The largest absolute Gasteiger partial charge is 0.441 e. The van der Waals surface area contributed by atoms with Gasteiger partial charge in [-0.3, -0.25) is 4.79 Å². The van der Waals surface area contributed by atoms with E-state index in [0.29, 0.717) is 11.6 Å². The van der Waals surface area contributed by atoms with E-state index in [1.165, 1.54) is 18.7 Å². The second-order valence-corrected chi connectivity index (χ2v) is 4.65. The summed E-state index contributed by atoms with van der Waals surface area (Å²) in [5, 5.41) is 0.0851. The van der Waals surface area contributed by atoms with Crippen molar-refractivity contribution in [1.82, 2.24) is 4.98 Å². The molecule has 0 amide bonds. The lowest BCUT2D eigenvalue weighted by atomic mass is 10.2. The maximum atomic E-state index is 10.7. The average molecular weight is 245 g/mol. The minimum absolute atomic E-state index is 0.0851. The fourth-order valence-electron chi connectivity index (χ4n) is 1.40. The fraction of sp³-hybridized carbons (Fsp3) is 0.231. The number of hydrogen-bond acceptors (Lipinski definition) is 4. The molecule has 0 saturated carbocycles. The van der Waals surface area contributed by atoms with Crippen LogP contribution in [-0.4, -0.2) is 15.9 Å². The Bertz CT molecular complexity index is 619. The molecule has 0 fully saturated rings. The molecule has 1 aromatic heterocycles. The summed E-state index contributed by atoms with van der Waals surface area (Å²) in [6, 6.07) is 5.63. The highest BCUT2D eigenvalue weighted by Crippen LogP contribution is 2.16. The molecule has 3 nitrogen and oxygen atoms in total. The molecule has 0 aliphatic rings. The van der Waals surface area contributed by atoms with Gasteiger partial charge in [-0.05, 0) is 18.2 Å². The Hall–Kier alpha value is -1.73. The van der Waals surface area contributed by atoms with Gasteiger partial charge in [0.2, 0.25) is 0 Å². The number of aromatic nitrogens is 1. The first-order valence-corrected chi connectivity index (χ1v) is 6.13. The van der Waals surface area contributed by atoms with Gasteiger partial charge in [0.25, 0.3) is 0 Å². The highest BCUT2D eigenvalue weighted by molar-refractivity contribution is 8.13. The van der Waals surface area contributed by atoms with Crippen LogP contribution in [0.5, 0.6) is 0 Å². The monoisotopic (exact) mass is 245 g/mol. The Morgan fingerprint density at radius 3 is 3.12 bits per heavy atom. The van der Waals surface area contributed by atoms with Gasteiger partial charge in [0.05, 0.1) is 5.75 Å². The van der Waals surface area contributed by atoms with Gasteiger partial charge in [0.15, 0.2) is 16.6 Å². The SMILES string of the molecule is CC(=O)SCC#Cc1ccc2oc(C)nc2c1. The van der Waals surface area contributed by atoms with Crippen molar-refractivity contribution in [2.45, 2.75) is 13.8 Å². The smallest absolute Gasteiger partial charge is 0.192 e. The summed E-state index contributed by atoms with van der Waals surface area (Å²) in [4.78, 5) is 14.9. The van der Waals surface area contributed by atoms with Gasteiger partial charge < -0.3 is 4.42 Å². The second kappa shape index (κ2) is 5.07. The fourth-order valence-corrected chi connectivity index (χ4v) is 1.74. The molecule has 17 heavy (non-hydrogen) atoms. The van der Waals surface area contributed by atoms with Crippen molar-refractivity contribution in [2.75, 3.05) is 5.75 Å². The molecule has 2 rings (SSSR count). The number of rotatable bonds is 1. The van der Waals surface area contributed by atoms with Gasteiger partial charge in [-0.1, -0.05) is 23.6 Å². The summed E-state index contributed by atoms with van der Waals surface area (Å²) in [5.74, 6) is 7.10. The number of carbonyl (C=O) groups is 1. The number of aryl methyl sites for hydroxylation is 1. The maximum absolute atomic E-state index is 10.7. The molecule has 1 heterocycles. The van der Waals surface area contributed by atoms with E-state index in [2.05, 4.69) is 16.8 Å². The number of hydrogen-bond donors (Lipinski definition) is 0. The van der Waals surface area contributed by atoms with Gasteiger partial charge in [-0.2, -0.15) is 0 Å². The third-order valence-corrected chi connectivity index (χ3v) is 2.77. The van der Waals surface area contributed by atoms with Crippen molar-refractivity contribution in [1.29, 1.82) is 0 Å². The van der Waals surface area contributed by atoms with Gasteiger partial charge >= 0.3 is 0 Å². The predicted molar refractivity (Wildman–Crippen MR) is 68.8 cm³/mol. The third kappa shape index (κ3) is 3.11. The summed E-state index contributed by atoms with van der Waals surface area (Å²) in [7, 11) is 0. The molecule has 0 atom stereocenters. The van der Waals surface area contributed by atoms with Crippen molar-refractivity contribution in [2.24, 2.45) is 0 Å². The minimum atomic E-state index is 0.0851. The first-order valence-electron chi connectivity index (χ1n) is 5.14. The topological polar surface area (TPSA) is 43.1 Å². The van der Waals surface area contributed by atoms with Crippen LogP contribution in [0.3, 0.4) is 0 Å². The minimum Gasteiger partial charge on any atom is -0.441 e. The molecule has 2 aromatic rings. The molecule has 0 spiro atoms. The zero-order chi connectivity index (χ0) is 12.3. The summed E-state index contributed by atoms with van der Waals surface area (Å²) in [6.07, 6.45) is 0. The quantitative estimate of drug-likeness (QED) is 0.724. The molecule has 1 aromatic carbocycles. The summed E-state index contributed by atoms with van der Waals surface area (Å²) < 4.78 is 5.37. The molecular weight excluding hydrogens is 234 g/mol. The van der Waals surface area contributed by atoms with Crippen molar-refractivity contribution in [3.63, 3.8) is 0 Å². The van der Waals surface area contributed by atoms with E-state index in [1.807, 2.05) is 25.1 Å². The average Bonchev–Trinajstić information content (AvgIpc) is 2.63. The van der Waals surface area contributed by atoms with E-state index >= 15 is 0 Å². The van der Waals surface area contributed by atoms with Gasteiger partial charge in [-0.15, -0.1) is 0 Å². The highest BCUT2D eigenvalue weighted by Gasteiger charge is 2.01. The lowest BCUT2D eigenvalue weighted by Gasteiger charge is -1.89. The molecule has 0 bridgehead atoms. The van der Waals surface area contributed by atoms with E-state index in [4.69, 9.17) is 4.42 Å². The van der Waals surface area contributed by atoms with Crippen LogP contribution in [0, 0.1) is 18.8 Å². The molecular formula is C13H11NO2S. The molecule has 0 aliphatic carbocycles.